The molecular formula is C15H17BrN2S. The Bertz CT molecular complexity index is 501. The van der Waals surface area contributed by atoms with Crippen LogP contribution in [0.2, 0.25) is 0 Å². The van der Waals surface area contributed by atoms with E-state index in [1.807, 2.05) is 12.3 Å². The van der Waals surface area contributed by atoms with Crippen molar-refractivity contribution in [1.29, 1.82) is 0 Å². The number of rotatable bonds is 5. The van der Waals surface area contributed by atoms with Gasteiger partial charge in [0.25, 0.3) is 0 Å². The second kappa shape index (κ2) is 7.08. The van der Waals surface area contributed by atoms with Gasteiger partial charge in [0.2, 0.25) is 0 Å². The van der Waals surface area contributed by atoms with Crippen LogP contribution in [0.5, 0.6) is 0 Å². The lowest BCUT2D eigenvalue weighted by Crippen LogP contribution is -2.25. The van der Waals surface area contributed by atoms with Crippen molar-refractivity contribution in [3.05, 3.63) is 58.8 Å². The fourth-order valence-corrected chi connectivity index (χ4v) is 3.31. The first-order valence-corrected chi connectivity index (χ1v) is 7.95. The van der Waals surface area contributed by atoms with E-state index in [-0.39, 0.29) is 11.3 Å². The second-order valence-corrected chi connectivity index (χ2v) is 6.48. The molecule has 0 saturated heterocycles. The van der Waals surface area contributed by atoms with Crippen molar-refractivity contribution in [2.24, 2.45) is 5.73 Å². The number of benzene rings is 1. The normalized spacial score (nSPS) is 14.1. The fourth-order valence-electron chi connectivity index (χ4n) is 1.82. The summed E-state index contributed by atoms with van der Waals surface area (Å²) in [6.07, 6.45) is 4.65. The van der Waals surface area contributed by atoms with E-state index in [2.05, 4.69) is 58.2 Å². The minimum absolute atomic E-state index is 0.123. The molecule has 2 rings (SSSR count). The number of aromatic nitrogens is 1. The predicted molar refractivity (Wildman–Crippen MR) is 85.2 cm³/mol. The van der Waals surface area contributed by atoms with Crippen LogP contribution in [-0.2, 0) is 0 Å². The maximum Gasteiger partial charge on any atom is 0.0510 e. The number of nitrogens with zero attached hydrogens (tertiary/aromatic N) is 1. The molecule has 0 saturated carbocycles. The van der Waals surface area contributed by atoms with Crippen LogP contribution >= 0.6 is 27.7 Å². The first kappa shape index (κ1) is 14.6. The summed E-state index contributed by atoms with van der Waals surface area (Å²) >= 11 is 5.25. The zero-order chi connectivity index (χ0) is 13.7. The molecular weight excluding hydrogens is 320 g/mol. The first-order chi connectivity index (χ1) is 9.20. The number of halogens is 1. The first-order valence-electron chi connectivity index (χ1n) is 6.28. The van der Waals surface area contributed by atoms with Gasteiger partial charge in [-0.15, -0.1) is 11.8 Å². The molecule has 19 heavy (non-hydrogen) atoms. The molecule has 0 amide bonds. The van der Waals surface area contributed by atoms with Crippen LogP contribution in [0.4, 0.5) is 0 Å². The number of nitrogens with two attached hydrogens (primary N) is 1. The third kappa shape index (κ3) is 4.06. The molecule has 4 heteroatoms. The predicted octanol–water partition coefficient (Wildman–Crippen LogP) is 4.41. The van der Waals surface area contributed by atoms with Crippen LogP contribution in [0.15, 0.2) is 58.2 Å². The maximum atomic E-state index is 6.27. The summed E-state index contributed by atoms with van der Waals surface area (Å²) in [6.45, 7) is 2.12. The SMILES string of the molecule is CCC(N)C(Sc1ccc(Br)cc1)c1cccnc1. The summed E-state index contributed by atoms with van der Waals surface area (Å²) in [5, 5.41) is 0.236. The van der Waals surface area contributed by atoms with Gasteiger partial charge in [0.05, 0.1) is 5.25 Å². The summed E-state index contributed by atoms with van der Waals surface area (Å²) in [7, 11) is 0. The van der Waals surface area contributed by atoms with Gasteiger partial charge >= 0.3 is 0 Å². The number of thioether (sulfide) groups is 1. The quantitative estimate of drug-likeness (QED) is 0.821. The van der Waals surface area contributed by atoms with E-state index < -0.39 is 0 Å². The van der Waals surface area contributed by atoms with Crippen LogP contribution in [0, 0.1) is 0 Å². The van der Waals surface area contributed by atoms with Crippen molar-refractivity contribution in [3.63, 3.8) is 0 Å². The molecule has 2 atom stereocenters. The van der Waals surface area contributed by atoms with Gasteiger partial charge in [-0.05, 0) is 42.3 Å². The van der Waals surface area contributed by atoms with Gasteiger partial charge in [0.1, 0.15) is 0 Å². The standard InChI is InChI=1S/C15H17BrN2S/c1-2-14(17)15(11-4-3-9-18-10-11)19-13-7-5-12(16)6-8-13/h3-10,14-15H,2,17H2,1H3. The lowest BCUT2D eigenvalue weighted by atomic mass is 10.1. The molecule has 0 radical (unpaired) electrons. The van der Waals surface area contributed by atoms with Crippen molar-refractivity contribution in [2.45, 2.75) is 29.5 Å². The zero-order valence-electron chi connectivity index (χ0n) is 10.8. The van der Waals surface area contributed by atoms with Crippen LogP contribution in [0.1, 0.15) is 24.2 Å². The Hall–Kier alpha value is -0.840. The Labute approximate surface area is 126 Å². The molecule has 2 aromatic rings. The van der Waals surface area contributed by atoms with E-state index in [1.165, 1.54) is 10.5 Å². The Kier molecular flexibility index (Phi) is 5.43. The lowest BCUT2D eigenvalue weighted by molar-refractivity contribution is 0.633. The van der Waals surface area contributed by atoms with Gasteiger partial charge in [0, 0.05) is 27.8 Å². The van der Waals surface area contributed by atoms with Crippen molar-refractivity contribution in [1.82, 2.24) is 4.98 Å². The molecule has 0 aliphatic heterocycles. The highest BCUT2D eigenvalue weighted by Gasteiger charge is 2.20. The lowest BCUT2D eigenvalue weighted by Gasteiger charge is -2.22. The van der Waals surface area contributed by atoms with E-state index in [4.69, 9.17) is 5.73 Å². The van der Waals surface area contributed by atoms with Gasteiger partial charge in [-0.1, -0.05) is 28.9 Å². The van der Waals surface area contributed by atoms with E-state index in [0.717, 1.165) is 10.9 Å². The molecule has 1 aromatic carbocycles. The topological polar surface area (TPSA) is 38.9 Å². The molecule has 2 unspecified atom stereocenters. The Morgan fingerprint density at radius 3 is 2.58 bits per heavy atom. The highest BCUT2D eigenvalue weighted by Crippen LogP contribution is 2.38. The van der Waals surface area contributed by atoms with Gasteiger partial charge in [0.15, 0.2) is 0 Å². The number of hydrogen-bond acceptors (Lipinski definition) is 3. The fraction of sp³-hybridized carbons (Fsp3) is 0.267. The maximum absolute atomic E-state index is 6.27. The molecule has 0 spiro atoms. The number of hydrogen-bond donors (Lipinski definition) is 1. The van der Waals surface area contributed by atoms with Crippen LogP contribution in [-0.4, -0.2) is 11.0 Å². The smallest absolute Gasteiger partial charge is 0.0510 e. The minimum atomic E-state index is 0.123. The van der Waals surface area contributed by atoms with Crippen LogP contribution < -0.4 is 5.73 Å². The monoisotopic (exact) mass is 336 g/mol. The third-order valence-corrected chi connectivity index (χ3v) is 4.90. The van der Waals surface area contributed by atoms with Crippen molar-refractivity contribution < 1.29 is 0 Å². The summed E-state index contributed by atoms with van der Waals surface area (Å²) in [4.78, 5) is 5.42. The summed E-state index contributed by atoms with van der Waals surface area (Å²) in [5.41, 5.74) is 7.45. The molecule has 0 aliphatic rings. The summed E-state index contributed by atoms with van der Waals surface area (Å²) in [5.74, 6) is 0. The van der Waals surface area contributed by atoms with Crippen LogP contribution in [0.25, 0.3) is 0 Å². The van der Waals surface area contributed by atoms with Gasteiger partial charge in [-0.3, -0.25) is 4.98 Å². The van der Waals surface area contributed by atoms with Gasteiger partial charge in [-0.25, -0.2) is 0 Å². The highest BCUT2D eigenvalue weighted by atomic mass is 79.9. The molecule has 0 bridgehead atoms. The van der Waals surface area contributed by atoms with E-state index >= 15 is 0 Å². The Balaban J connectivity index is 2.21. The highest BCUT2D eigenvalue weighted by molar-refractivity contribution is 9.10. The zero-order valence-corrected chi connectivity index (χ0v) is 13.2. The largest absolute Gasteiger partial charge is 0.326 e. The van der Waals surface area contributed by atoms with Crippen molar-refractivity contribution in [3.8, 4) is 0 Å². The Morgan fingerprint density at radius 1 is 1.26 bits per heavy atom. The van der Waals surface area contributed by atoms with E-state index in [0.29, 0.717) is 0 Å². The van der Waals surface area contributed by atoms with Gasteiger partial charge in [-0.2, -0.15) is 0 Å². The second-order valence-electron chi connectivity index (χ2n) is 4.35. The van der Waals surface area contributed by atoms with E-state index in [9.17, 15) is 0 Å². The minimum Gasteiger partial charge on any atom is -0.326 e. The van der Waals surface area contributed by atoms with Crippen LogP contribution in [0.3, 0.4) is 0 Å². The molecule has 0 fully saturated rings. The summed E-state index contributed by atoms with van der Waals surface area (Å²) < 4.78 is 1.09. The van der Waals surface area contributed by atoms with Crippen molar-refractivity contribution >= 4 is 27.7 Å². The Morgan fingerprint density at radius 2 is 2.00 bits per heavy atom. The van der Waals surface area contributed by atoms with Crippen molar-refractivity contribution in [2.75, 3.05) is 0 Å². The van der Waals surface area contributed by atoms with Gasteiger partial charge < -0.3 is 5.73 Å². The van der Waals surface area contributed by atoms with E-state index in [1.54, 1.807) is 18.0 Å². The average Bonchev–Trinajstić information content (AvgIpc) is 2.47. The average molecular weight is 337 g/mol. The molecule has 1 aromatic heterocycles. The summed E-state index contributed by atoms with van der Waals surface area (Å²) in [6, 6.07) is 12.5. The molecule has 2 nitrogen and oxygen atoms in total. The molecule has 100 valence electrons. The molecule has 0 aliphatic carbocycles. The number of pyridine rings is 1. The molecule has 1 heterocycles. The molecule has 2 N–H and O–H groups in total. The third-order valence-electron chi connectivity index (χ3n) is 2.95.